The van der Waals surface area contributed by atoms with Gasteiger partial charge in [0.25, 0.3) is 0 Å². The number of hydrogen-bond donors (Lipinski definition) is 0. The van der Waals surface area contributed by atoms with Crippen molar-refractivity contribution in [3.63, 3.8) is 0 Å². The van der Waals surface area contributed by atoms with E-state index in [1.165, 1.54) is 21.9 Å². The lowest BCUT2D eigenvalue weighted by atomic mass is 9.93. The Morgan fingerprint density at radius 1 is 0.302 bits per heavy atom. The Hall–Kier alpha value is -6.97. The lowest BCUT2D eigenvalue weighted by Crippen LogP contribution is -1.97. The van der Waals surface area contributed by atoms with E-state index in [2.05, 4.69) is 181 Å². The number of fused-ring (bicyclic) bond motifs is 1. The third-order valence-electron chi connectivity index (χ3n) is 9.82. The first-order chi connectivity index (χ1) is 26.1. The van der Waals surface area contributed by atoms with Crippen LogP contribution in [0.4, 0.5) is 0 Å². The van der Waals surface area contributed by atoms with Gasteiger partial charge >= 0.3 is 0 Å². The van der Waals surface area contributed by atoms with Crippen LogP contribution in [0, 0.1) is 6.92 Å². The van der Waals surface area contributed by atoms with E-state index in [0.717, 1.165) is 67.2 Å². The van der Waals surface area contributed by atoms with E-state index in [-0.39, 0.29) is 0 Å². The highest BCUT2D eigenvalue weighted by atomic mass is 14.9. The molecule has 0 fully saturated rings. The third kappa shape index (κ3) is 6.76. The predicted molar refractivity (Wildman–Crippen MR) is 220 cm³/mol. The van der Waals surface area contributed by atoms with Crippen LogP contribution in [0.2, 0.25) is 0 Å². The second kappa shape index (κ2) is 14.0. The molecule has 0 spiro atoms. The Kier molecular flexibility index (Phi) is 8.43. The molecule has 7 aromatic carbocycles. The molecule has 2 aromatic heterocycles. The molecule has 0 amide bonds. The second-order valence-corrected chi connectivity index (χ2v) is 13.4. The van der Waals surface area contributed by atoms with E-state index in [1.807, 2.05) is 25.3 Å². The molecule has 0 saturated carbocycles. The van der Waals surface area contributed by atoms with Crippen LogP contribution >= 0.6 is 0 Å². The van der Waals surface area contributed by atoms with Crippen molar-refractivity contribution >= 4 is 10.8 Å². The fourth-order valence-electron chi connectivity index (χ4n) is 6.90. The topological polar surface area (TPSA) is 38.7 Å². The number of hydrogen-bond acceptors (Lipinski definition) is 3. The van der Waals surface area contributed by atoms with Crippen LogP contribution in [-0.4, -0.2) is 15.0 Å². The van der Waals surface area contributed by atoms with Gasteiger partial charge in [0.15, 0.2) is 5.82 Å². The normalized spacial score (nSPS) is 11.1. The Labute approximate surface area is 310 Å². The summed E-state index contributed by atoms with van der Waals surface area (Å²) in [5.74, 6) is 0.689. The largest absolute Gasteiger partial charge is 0.261 e. The molecule has 0 saturated heterocycles. The van der Waals surface area contributed by atoms with Crippen LogP contribution < -0.4 is 0 Å². The first-order valence-corrected chi connectivity index (χ1v) is 17.9. The van der Waals surface area contributed by atoms with Gasteiger partial charge in [-0.1, -0.05) is 152 Å². The molecule has 0 aliphatic heterocycles. The standard InChI is InChI=1S/C50H35N3/c1-34-16-17-44(33-51-34)38-22-18-36(19-23-38)37-20-24-39(25-21-37)45-29-46(43-27-26-35-10-8-9-15-42(35)28-43)31-47(30-45)50-52-48(40-11-4-2-5-12-40)32-49(53-50)41-13-6-3-7-14-41/h2-33H,1H3. The Morgan fingerprint density at radius 2 is 0.755 bits per heavy atom. The Morgan fingerprint density at radius 3 is 1.32 bits per heavy atom. The molecule has 3 heteroatoms. The molecule has 9 aromatic rings. The maximum Gasteiger partial charge on any atom is 0.160 e. The molecule has 0 bridgehead atoms. The minimum atomic E-state index is 0.689. The van der Waals surface area contributed by atoms with Gasteiger partial charge in [-0.2, -0.15) is 0 Å². The molecule has 53 heavy (non-hydrogen) atoms. The summed E-state index contributed by atoms with van der Waals surface area (Å²) in [6, 6.07) is 66.4. The monoisotopic (exact) mass is 677 g/mol. The summed E-state index contributed by atoms with van der Waals surface area (Å²) in [5, 5.41) is 2.43. The number of pyridine rings is 1. The summed E-state index contributed by atoms with van der Waals surface area (Å²) in [6.07, 6.45) is 1.94. The SMILES string of the molecule is Cc1ccc(-c2ccc(-c3ccc(-c4cc(-c5ccc6ccccc6c5)cc(-c5nc(-c6ccccc6)cc(-c6ccccc6)n5)c4)cc3)cc2)cn1. The predicted octanol–water partition coefficient (Wildman–Crippen LogP) is 13.0. The maximum absolute atomic E-state index is 5.19. The molecule has 0 unspecified atom stereocenters. The number of aromatic nitrogens is 3. The summed E-state index contributed by atoms with van der Waals surface area (Å²) in [5.41, 5.74) is 15.0. The van der Waals surface area contributed by atoms with Crippen LogP contribution in [0.15, 0.2) is 194 Å². The molecule has 9 rings (SSSR count). The van der Waals surface area contributed by atoms with Gasteiger partial charge in [0, 0.05) is 34.1 Å². The van der Waals surface area contributed by atoms with Crippen LogP contribution in [0.3, 0.4) is 0 Å². The zero-order valence-electron chi connectivity index (χ0n) is 29.3. The second-order valence-electron chi connectivity index (χ2n) is 13.4. The minimum absolute atomic E-state index is 0.689. The lowest BCUT2D eigenvalue weighted by Gasteiger charge is -2.14. The molecule has 2 heterocycles. The van der Waals surface area contributed by atoms with E-state index in [0.29, 0.717) is 5.82 Å². The molecule has 0 aliphatic rings. The van der Waals surface area contributed by atoms with Gasteiger partial charge in [-0.05, 0) is 93.0 Å². The van der Waals surface area contributed by atoms with Crippen molar-refractivity contribution in [1.29, 1.82) is 0 Å². The van der Waals surface area contributed by atoms with E-state index >= 15 is 0 Å². The van der Waals surface area contributed by atoms with Crippen LogP contribution in [0.25, 0.3) is 89.2 Å². The van der Waals surface area contributed by atoms with Gasteiger partial charge in [-0.15, -0.1) is 0 Å². The number of rotatable bonds is 7. The van der Waals surface area contributed by atoms with Gasteiger partial charge in [-0.25, -0.2) is 9.97 Å². The lowest BCUT2D eigenvalue weighted by molar-refractivity contribution is 1.18. The average molecular weight is 678 g/mol. The van der Waals surface area contributed by atoms with Crippen molar-refractivity contribution in [1.82, 2.24) is 15.0 Å². The number of aryl methyl sites for hydroxylation is 1. The number of benzene rings is 7. The quantitative estimate of drug-likeness (QED) is 0.169. The highest BCUT2D eigenvalue weighted by Gasteiger charge is 2.14. The van der Waals surface area contributed by atoms with Crippen molar-refractivity contribution in [3.8, 4) is 78.4 Å². The van der Waals surface area contributed by atoms with E-state index in [4.69, 9.17) is 9.97 Å². The average Bonchev–Trinajstić information content (AvgIpc) is 3.24. The summed E-state index contributed by atoms with van der Waals surface area (Å²) >= 11 is 0. The van der Waals surface area contributed by atoms with Gasteiger partial charge in [0.2, 0.25) is 0 Å². The number of nitrogens with zero attached hydrogens (tertiary/aromatic N) is 3. The molecular formula is C50H35N3. The summed E-state index contributed by atoms with van der Waals surface area (Å²) in [6.45, 7) is 2.01. The maximum atomic E-state index is 5.19. The van der Waals surface area contributed by atoms with Crippen molar-refractivity contribution in [3.05, 3.63) is 200 Å². The Bertz CT molecular complexity index is 2630. The van der Waals surface area contributed by atoms with Gasteiger partial charge in [0.1, 0.15) is 0 Å². The van der Waals surface area contributed by atoms with Crippen molar-refractivity contribution < 1.29 is 0 Å². The molecule has 250 valence electrons. The van der Waals surface area contributed by atoms with Gasteiger partial charge < -0.3 is 0 Å². The molecule has 3 nitrogen and oxygen atoms in total. The van der Waals surface area contributed by atoms with Crippen LogP contribution in [0.1, 0.15) is 5.69 Å². The summed E-state index contributed by atoms with van der Waals surface area (Å²) < 4.78 is 0. The van der Waals surface area contributed by atoms with Gasteiger partial charge in [0.05, 0.1) is 11.4 Å². The van der Waals surface area contributed by atoms with Crippen molar-refractivity contribution in [2.45, 2.75) is 6.92 Å². The fourth-order valence-corrected chi connectivity index (χ4v) is 6.90. The highest BCUT2D eigenvalue weighted by molar-refractivity contribution is 5.89. The van der Waals surface area contributed by atoms with Crippen LogP contribution in [0.5, 0.6) is 0 Å². The van der Waals surface area contributed by atoms with Crippen molar-refractivity contribution in [2.75, 3.05) is 0 Å². The van der Waals surface area contributed by atoms with E-state index in [9.17, 15) is 0 Å². The fraction of sp³-hybridized carbons (Fsp3) is 0.0200. The van der Waals surface area contributed by atoms with E-state index in [1.54, 1.807) is 0 Å². The molecule has 0 aliphatic carbocycles. The zero-order valence-corrected chi connectivity index (χ0v) is 29.3. The third-order valence-corrected chi connectivity index (χ3v) is 9.82. The first-order valence-electron chi connectivity index (χ1n) is 17.9. The Balaban J connectivity index is 1.15. The summed E-state index contributed by atoms with van der Waals surface area (Å²) in [7, 11) is 0. The smallest absolute Gasteiger partial charge is 0.160 e. The minimum Gasteiger partial charge on any atom is -0.261 e. The molecule has 0 N–H and O–H groups in total. The summed E-state index contributed by atoms with van der Waals surface area (Å²) in [4.78, 5) is 14.8. The molecule has 0 radical (unpaired) electrons. The highest BCUT2D eigenvalue weighted by Crippen LogP contribution is 2.36. The first kappa shape index (κ1) is 32.0. The van der Waals surface area contributed by atoms with Crippen LogP contribution in [-0.2, 0) is 0 Å². The molecular weight excluding hydrogens is 643 g/mol. The van der Waals surface area contributed by atoms with Crippen molar-refractivity contribution in [2.24, 2.45) is 0 Å². The molecule has 0 atom stereocenters. The van der Waals surface area contributed by atoms with E-state index < -0.39 is 0 Å². The van der Waals surface area contributed by atoms with Gasteiger partial charge in [-0.3, -0.25) is 4.98 Å². The zero-order chi connectivity index (χ0) is 35.6.